The van der Waals surface area contributed by atoms with Crippen LogP contribution in [-0.2, 0) is 4.79 Å². The van der Waals surface area contributed by atoms with Crippen molar-refractivity contribution in [1.29, 1.82) is 0 Å². The standard InChI is InChI=1S/C12H12N2O/c1-9-7-11(8-10(2)12(9)15)13-14-5-3-4-6-14/h3-8H,1-2H3. The Morgan fingerprint density at radius 2 is 1.60 bits per heavy atom. The molecule has 15 heavy (non-hydrogen) atoms. The van der Waals surface area contributed by atoms with Gasteiger partial charge in [-0.05, 0) is 49.3 Å². The second-order valence-corrected chi connectivity index (χ2v) is 3.57. The molecule has 0 radical (unpaired) electrons. The normalized spacial score (nSPS) is 16.1. The van der Waals surface area contributed by atoms with Crippen molar-refractivity contribution >= 4 is 11.5 Å². The van der Waals surface area contributed by atoms with Crippen LogP contribution in [0.5, 0.6) is 0 Å². The van der Waals surface area contributed by atoms with Crippen LogP contribution in [0.3, 0.4) is 0 Å². The van der Waals surface area contributed by atoms with Crippen molar-refractivity contribution in [2.45, 2.75) is 13.8 Å². The minimum Gasteiger partial charge on any atom is -0.289 e. The maximum Gasteiger partial charge on any atom is 0.184 e. The van der Waals surface area contributed by atoms with Gasteiger partial charge in [-0.15, -0.1) is 0 Å². The van der Waals surface area contributed by atoms with Gasteiger partial charge in [0.1, 0.15) is 0 Å². The molecule has 0 atom stereocenters. The number of carbonyl (C=O) groups is 1. The summed E-state index contributed by atoms with van der Waals surface area (Å²) >= 11 is 0. The predicted octanol–water partition coefficient (Wildman–Crippen LogP) is 2.17. The molecule has 0 saturated heterocycles. The molecule has 1 aromatic heterocycles. The number of Topliss-reactive ketones (excluding diaryl/α,β-unsaturated/α-hetero) is 1. The van der Waals surface area contributed by atoms with Crippen LogP contribution < -0.4 is 0 Å². The van der Waals surface area contributed by atoms with Crippen molar-refractivity contribution in [1.82, 2.24) is 4.68 Å². The van der Waals surface area contributed by atoms with Crippen LogP contribution in [0.15, 0.2) is 52.9 Å². The second-order valence-electron chi connectivity index (χ2n) is 3.57. The average molecular weight is 200 g/mol. The molecule has 3 heteroatoms. The quantitative estimate of drug-likeness (QED) is 0.640. The summed E-state index contributed by atoms with van der Waals surface area (Å²) in [6, 6.07) is 3.82. The first kappa shape index (κ1) is 9.65. The van der Waals surface area contributed by atoms with Crippen molar-refractivity contribution < 1.29 is 4.79 Å². The van der Waals surface area contributed by atoms with Gasteiger partial charge in [-0.3, -0.25) is 4.79 Å². The van der Waals surface area contributed by atoms with E-state index in [0.29, 0.717) is 0 Å². The number of allylic oxidation sites excluding steroid dienone is 4. The van der Waals surface area contributed by atoms with E-state index >= 15 is 0 Å². The summed E-state index contributed by atoms with van der Waals surface area (Å²) in [5.41, 5.74) is 2.28. The first-order chi connectivity index (χ1) is 7.16. The number of hydrogen-bond donors (Lipinski definition) is 0. The fraction of sp³-hybridized carbons (Fsp3) is 0.167. The molecule has 0 fully saturated rings. The molecule has 0 aromatic carbocycles. The first-order valence-electron chi connectivity index (χ1n) is 4.80. The zero-order chi connectivity index (χ0) is 10.8. The summed E-state index contributed by atoms with van der Waals surface area (Å²) in [4.78, 5) is 11.5. The summed E-state index contributed by atoms with van der Waals surface area (Å²) in [7, 11) is 0. The van der Waals surface area contributed by atoms with Gasteiger partial charge in [0.2, 0.25) is 0 Å². The highest BCUT2D eigenvalue weighted by Gasteiger charge is 2.13. The number of aromatic nitrogens is 1. The summed E-state index contributed by atoms with van der Waals surface area (Å²) in [5, 5.41) is 4.34. The highest BCUT2D eigenvalue weighted by Crippen LogP contribution is 2.12. The Morgan fingerprint density at radius 1 is 1.07 bits per heavy atom. The number of nitrogens with zero attached hydrogens (tertiary/aromatic N) is 2. The van der Waals surface area contributed by atoms with Gasteiger partial charge in [0.05, 0.1) is 5.71 Å². The van der Waals surface area contributed by atoms with E-state index in [1.807, 2.05) is 38.4 Å². The second kappa shape index (κ2) is 3.69. The van der Waals surface area contributed by atoms with Crippen molar-refractivity contribution in [3.8, 4) is 0 Å². The zero-order valence-electron chi connectivity index (χ0n) is 8.77. The molecule has 3 nitrogen and oxygen atoms in total. The zero-order valence-corrected chi connectivity index (χ0v) is 8.77. The summed E-state index contributed by atoms with van der Waals surface area (Å²) in [6.45, 7) is 3.62. The maximum atomic E-state index is 11.5. The Morgan fingerprint density at radius 3 is 2.13 bits per heavy atom. The van der Waals surface area contributed by atoms with Crippen molar-refractivity contribution in [3.05, 3.63) is 47.8 Å². The van der Waals surface area contributed by atoms with Gasteiger partial charge >= 0.3 is 0 Å². The maximum absolute atomic E-state index is 11.5. The molecule has 0 N–H and O–H groups in total. The molecule has 0 aliphatic heterocycles. The van der Waals surface area contributed by atoms with Gasteiger partial charge in [-0.2, -0.15) is 5.10 Å². The minimum absolute atomic E-state index is 0.0986. The molecular weight excluding hydrogens is 188 g/mol. The molecule has 0 saturated carbocycles. The number of carbonyl (C=O) groups excluding carboxylic acids is 1. The molecule has 2 rings (SSSR count). The van der Waals surface area contributed by atoms with E-state index in [4.69, 9.17) is 0 Å². The topological polar surface area (TPSA) is 34.4 Å². The third-order valence-corrected chi connectivity index (χ3v) is 2.26. The molecular formula is C12H12N2O. The lowest BCUT2D eigenvalue weighted by Crippen LogP contribution is -2.11. The van der Waals surface area contributed by atoms with E-state index in [-0.39, 0.29) is 5.78 Å². The minimum atomic E-state index is 0.0986. The molecule has 1 aliphatic rings. The SMILES string of the molecule is CC1=CC(=Nn2cccc2)C=C(C)C1=O. The summed E-state index contributed by atoms with van der Waals surface area (Å²) in [6.07, 6.45) is 7.32. The van der Waals surface area contributed by atoms with Crippen LogP contribution in [0, 0.1) is 0 Å². The predicted molar refractivity (Wildman–Crippen MR) is 59.8 cm³/mol. The largest absolute Gasteiger partial charge is 0.289 e. The van der Waals surface area contributed by atoms with Crippen LogP contribution in [-0.4, -0.2) is 16.2 Å². The Hall–Kier alpha value is -1.90. The van der Waals surface area contributed by atoms with E-state index in [1.165, 1.54) is 0 Å². The number of rotatable bonds is 1. The van der Waals surface area contributed by atoms with Gasteiger partial charge in [0.25, 0.3) is 0 Å². The lowest BCUT2D eigenvalue weighted by molar-refractivity contribution is -0.112. The Balaban J connectivity index is 2.37. The highest BCUT2D eigenvalue weighted by atomic mass is 16.1. The van der Waals surface area contributed by atoms with Crippen LogP contribution in [0.1, 0.15) is 13.8 Å². The summed E-state index contributed by atoms with van der Waals surface area (Å²) < 4.78 is 1.72. The monoisotopic (exact) mass is 200 g/mol. The Kier molecular flexibility index (Phi) is 2.37. The molecule has 76 valence electrons. The third kappa shape index (κ3) is 1.96. The van der Waals surface area contributed by atoms with Crippen LogP contribution in [0.25, 0.3) is 0 Å². The van der Waals surface area contributed by atoms with Crippen molar-refractivity contribution in [2.24, 2.45) is 5.10 Å². The van der Waals surface area contributed by atoms with Crippen molar-refractivity contribution in [2.75, 3.05) is 0 Å². The van der Waals surface area contributed by atoms with E-state index < -0.39 is 0 Å². The molecule has 1 aliphatic carbocycles. The van der Waals surface area contributed by atoms with Crippen molar-refractivity contribution in [3.63, 3.8) is 0 Å². The molecule has 0 amide bonds. The number of hydrogen-bond acceptors (Lipinski definition) is 2. The third-order valence-electron chi connectivity index (χ3n) is 2.26. The van der Waals surface area contributed by atoms with Gasteiger partial charge < -0.3 is 0 Å². The van der Waals surface area contributed by atoms with Gasteiger partial charge in [0.15, 0.2) is 5.78 Å². The van der Waals surface area contributed by atoms with E-state index in [1.54, 1.807) is 16.8 Å². The molecule has 0 spiro atoms. The van der Waals surface area contributed by atoms with Gasteiger partial charge in [0, 0.05) is 12.4 Å². The molecule has 0 unspecified atom stereocenters. The van der Waals surface area contributed by atoms with Gasteiger partial charge in [-0.1, -0.05) is 0 Å². The fourth-order valence-corrected chi connectivity index (χ4v) is 1.51. The average Bonchev–Trinajstić information content (AvgIpc) is 2.66. The highest BCUT2D eigenvalue weighted by molar-refractivity contribution is 6.21. The van der Waals surface area contributed by atoms with Crippen LogP contribution in [0.2, 0.25) is 0 Å². The fourth-order valence-electron chi connectivity index (χ4n) is 1.51. The Bertz CT molecular complexity index is 452. The lowest BCUT2D eigenvalue weighted by Gasteiger charge is -2.08. The Labute approximate surface area is 88.4 Å². The van der Waals surface area contributed by atoms with Crippen LogP contribution in [0.4, 0.5) is 0 Å². The molecule has 1 heterocycles. The summed E-state index contributed by atoms with van der Waals surface area (Å²) in [5.74, 6) is 0.0986. The lowest BCUT2D eigenvalue weighted by atomic mass is 9.98. The molecule has 1 aromatic rings. The van der Waals surface area contributed by atoms with Gasteiger partial charge in [-0.25, -0.2) is 4.68 Å². The molecule has 0 bridgehead atoms. The first-order valence-corrected chi connectivity index (χ1v) is 4.80. The van der Waals surface area contributed by atoms with E-state index in [9.17, 15) is 4.79 Å². The van der Waals surface area contributed by atoms with E-state index in [2.05, 4.69) is 5.10 Å². The smallest absolute Gasteiger partial charge is 0.184 e. The van der Waals surface area contributed by atoms with E-state index in [0.717, 1.165) is 16.9 Å². The number of ketones is 1. The van der Waals surface area contributed by atoms with Crippen LogP contribution >= 0.6 is 0 Å².